The molecule has 0 aromatic heterocycles. The molecule has 2 saturated carbocycles. The number of hydrogen-bond donors (Lipinski definition) is 1. The standard InChI is InChI=1S/C17H26O3/c1-10-12-8-15(3,4)14(20-11(2)18)13(12)9-16(5)6-7-17(10,16)19/h13-14,19H,6-9H2,1-5H3/t13-,14+,16-,17-/m0/s1. The molecule has 0 aromatic carbocycles. The van der Waals surface area contributed by atoms with Gasteiger partial charge in [0, 0.05) is 23.7 Å². The van der Waals surface area contributed by atoms with Gasteiger partial charge < -0.3 is 9.84 Å². The quantitative estimate of drug-likeness (QED) is 0.592. The fraction of sp³-hybridized carbons (Fsp3) is 0.824. The summed E-state index contributed by atoms with van der Waals surface area (Å²) in [7, 11) is 0. The van der Waals surface area contributed by atoms with Crippen LogP contribution in [0.25, 0.3) is 0 Å². The topological polar surface area (TPSA) is 46.5 Å². The maximum Gasteiger partial charge on any atom is 0.302 e. The van der Waals surface area contributed by atoms with E-state index in [0.29, 0.717) is 5.92 Å². The van der Waals surface area contributed by atoms with Gasteiger partial charge in [-0.25, -0.2) is 0 Å². The molecule has 3 aliphatic carbocycles. The Kier molecular flexibility index (Phi) is 2.74. The van der Waals surface area contributed by atoms with Gasteiger partial charge in [0.2, 0.25) is 0 Å². The first-order valence-corrected chi connectivity index (χ1v) is 7.70. The number of esters is 1. The van der Waals surface area contributed by atoms with E-state index in [0.717, 1.165) is 31.3 Å². The highest BCUT2D eigenvalue weighted by Gasteiger charge is 2.64. The zero-order valence-electron chi connectivity index (χ0n) is 13.2. The van der Waals surface area contributed by atoms with Crippen molar-refractivity contribution in [2.45, 2.75) is 72.0 Å². The van der Waals surface area contributed by atoms with Crippen molar-refractivity contribution >= 4 is 5.97 Å². The van der Waals surface area contributed by atoms with Crippen LogP contribution in [0.2, 0.25) is 0 Å². The van der Waals surface area contributed by atoms with Gasteiger partial charge in [-0.05, 0) is 38.2 Å². The summed E-state index contributed by atoms with van der Waals surface area (Å²) < 4.78 is 5.68. The maximum absolute atomic E-state index is 11.5. The third-order valence-corrected chi connectivity index (χ3v) is 6.33. The Morgan fingerprint density at radius 1 is 1.30 bits per heavy atom. The Bertz CT molecular complexity index is 504. The highest BCUT2D eigenvalue weighted by atomic mass is 16.5. The Morgan fingerprint density at radius 3 is 2.45 bits per heavy atom. The molecule has 0 unspecified atom stereocenters. The lowest BCUT2D eigenvalue weighted by molar-refractivity contribution is -0.166. The lowest BCUT2D eigenvalue weighted by Gasteiger charge is -2.60. The average molecular weight is 278 g/mol. The van der Waals surface area contributed by atoms with Gasteiger partial charge in [0.1, 0.15) is 6.10 Å². The van der Waals surface area contributed by atoms with E-state index in [4.69, 9.17) is 4.74 Å². The molecule has 3 heteroatoms. The largest absolute Gasteiger partial charge is 0.461 e. The minimum Gasteiger partial charge on any atom is -0.461 e. The zero-order valence-corrected chi connectivity index (χ0v) is 13.2. The number of carbonyl (C=O) groups excluding carboxylic acids is 1. The molecule has 0 saturated heterocycles. The predicted molar refractivity (Wildman–Crippen MR) is 77.0 cm³/mol. The van der Waals surface area contributed by atoms with Crippen LogP contribution in [0.5, 0.6) is 0 Å². The molecular formula is C17H26O3. The van der Waals surface area contributed by atoms with E-state index < -0.39 is 5.60 Å². The van der Waals surface area contributed by atoms with Crippen molar-refractivity contribution in [2.24, 2.45) is 16.7 Å². The van der Waals surface area contributed by atoms with Crippen LogP contribution >= 0.6 is 0 Å². The number of ether oxygens (including phenoxy) is 1. The lowest BCUT2D eigenvalue weighted by Crippen LogP contribution is -2.60. The monoisotopic (exact) mass is 278 g/mol. The van der Waals surface area contributed by atoms with Gasteiger partial charge in [-0.15, -0.1) is 0 Å². The lowest BCUT2D eigenvalue weighted by atomic mass is 9.48. The van der Waals surface area contributed by atoms with Gasteiger partial charge in [0.05, 0.1) is 5.60 Å². The first kappa shape index (κ1) is 14.1. The average Bonchev–Trinajstić information content (AvgIpc) is 2.57. The normalized spacial score (nSPS) is 45.5. The van der Waals surface area contributed by atoms with E-state index in [9.17, 15) is 9.90 Å². The smallest absolute Gasteiger partial charge is 0.302 e. The predicted octanol–water partition coefficient (Wildman–Crippen LogP) is 3.22. The summed E-state index contributed by atoms with van der Waals surface area (Å²) in [5.41, 5.74) is 1.82. The van der Waals surface area contributed by atoms with Gasteiger partial charge in [0.15, 0.2) is 0 Å². The van der Waals surface area contributed by atoms with Crippen molar-refractivity contribution in [1.82, 2.24) is 0 Å². The minimum absolute atomic E-state index is 0.0376. The molecule has 0 heterocycles. The highest BCUT2D eigenvalue weighted by molar-refractivity contribution is 5.66. The molecule has 3 nitrogen and oxygen atoms in total. The summed E-state index contributed by atoms with van der Waals surface area (Å²) in [5, 5.41) is 11.0. The summed E-state index contributed by atoms with van der Waals surface area (Å²) in [6.07, 6.45) is 3.77. The molecular weight excluding hydrogens is 252 g/mol. The van der Waals surface area contributed by atoms with Gasteiger partial charge >= 0.3 is 5.97 Å². The molecule has 0 bridgehead atoms. The molecule has 0 amide bonds. The first-order valence-electron chi connectivity index (χ1n) is 7.70. The van der Waals surface area contributed by atoms with Crippen LogP contribution in [-0.2, 0) is 9.53 Å². The molecule has 0 aliphatic heterocycles. The summed E-state index contributed by atoms with van der Waals surface area (Å²) in [4.78, 5) is 11.5. The zero-order chi connectivity index (χ0) is 14.9. The third kappa shape index (κ3) is 1.59. The molecule has 4 atom stereocenters. The molecule has 20 heavy (non-hydrogen) atoms. The van der Waals surface area contributed by atoms with Crippen molar-refractivity contribution in [2.75, 3.05) is 0 Å². The van der Waals surface area contributed by atoms with Gasteiger partial charge in [-0.2, -0.15) is 0 Å². The van der Waals surface area contributed by atoms with Crippen LogP contribution in [0, 0.1) is 16.7 Å². The van der Waals surface area contributed by atoms with Crippen LogP contribution in [-0.4, -0.2) is 22.8 Å². The first-order chi connectivity index (χ1) is 9.11. The van der Waals surface area contributed by atoms with Crippen molar-refractivity contribution in [3.8, 4) is 0 Å². The van der Waals surface area contributed by atoms with E-state index in [1.54, 1.807) is 0 Å². The molecule has 3 rings (SSSR count). The molecule has 0 spiro atoms. The SMILES string of the molecule is CC(=O)O[C@@H]1[C@H]2C[C@]3(C)CC[C@]3(O)C(C)=C2CC1(C)C. The van der Waals surface area contributed by atoms with Crippen molar-refractivity contribution < 1.29 is 14.6 Å². The summed E-state index contributed by atoms with van der Waals surface area (Å²) >= 11 is 0. The van der Waals surface area contributed by atoms with E-state index in [1.807, 2.05) is 0 Å². The summed E-state index contributed by atoms with van der Waals surface area (Å²) in [6, 6.07) is 0. The Hall–Kier alpha value is -0.830. The molecule has 0 aromatic rings. The number of fused-ring (bicyclic) bond motifs is 2. The number of carbonyl (C=O) groups is 1. The molecule has 3 aliphatic rings. The second-order valence-electron chi connectivity index (χ2n) is 8.08. The van der Waals surface area contributed by atoms with Gasteiger partial charge in [0.25, 0.3) is 0 Å². The van der Waals surface area contributed by atoms with Crippen LogP contribution < -0.4 is 0 Å². The highest BCUT2D eigenvalue weighted by Crippen LogP contribution is 2.66. The van der Waals surface area contributed by atoms with E-state index in [1.165, 1.54) is 12.5 Å². The van der Waals surface area contributed by atoms with E-state index in [-0.39, 0.29) is 22.9 Å². The van der Waals surface area contributed by atoms with Crippen LogP contribution in [0.1, 0.15) is 60.3 Å². The van der Waals surface area contributed by atoms with Crippen LogP contribution in [0.15, 0.2) is 11.1 Å². The Balaban J connectivity index is 2.04. The second-order valence-corrected chi connectivity index (χ2v) is 8.08. The maximum atomic E-state index is 11.5. The van der Waals surface area contributed by atoms with Crippen LogP contribution in [0.4, 0.5) is 0 Å². The molecule has 1 N–H and O–H groups in total. The van der Waals surface area contributed by atoms with Crippen LogP contribution in [0.3, 0.4) is 0 Å². The minimum atomic E-state index is -0.611. The molecule has 2 fully saturated rings. The fourth-order valence-electron chi connectivity index (χ4n) is 4.96. The second kappa shape index (κ2) is 3.88. The third-order valence-electron chi connectivity index (χ3n) is 6.33. The van der Waals surface area contributed by atoms with E-state index >= 15 is 0 Å². The molecule has 0 radical (unpaired) electrons. The number of rotatable bonds is 1. The summed E-state index contributed by atoms with van der Waals surface area (Å²) in [5.74, 6) is 0.0982. The van der Waals surface area contributed by atoms with Gasteiger partial charge in [-0.1, -0.05) is 26.3 Å². The summed E-state index contributed by atoms with van der Waals surface area (Å²) in [6.45, 7) is 10.1. The van der Waals surface area contributed by atoms with Crippen molar-refractivity contribution in [3.05, 3.63) is 11.1 Å². The van der Waals surface area contributed by atoms with Crippen molar-refractivity contribution in [1.29, 1.82) is 0 Å². The number of hydrogen-bond acceptors (Lipinski definition) is 3. The fourth-order valence-corrected chi connectivity index (χ4v) is 4.96. The number of aliphatic hydroxyl groups is 1. The molecule has 112 valence electrons. The van der Waals surface area contributed by atoms with E-state index in [2.05, 4.69) is 27.7 Å². The Morgan fingerprint density at radius 2 is 1.95 bits per heavy atom. The van der Waals surface area contributed by atoms with Gasteiger partial charge in [-0.3, -0.25) is 4.79 Å². The van der Waals surface area contributed by atoms with Crippen molar-refractivity contribution in [3.63, 3.8) is 0 Å². The Labute approximate surface area is 121 Å².